The van der Waals surface area contributed by atoms with Crippen LogP contribution < -0.4 is 10.6 Å². The number of hydrogen-bond acceptors (Lipinski definition) is 7. The van der Waals surface area contributed by atoms with Gasteiger partial charge in [-0.25, -0.2) is 0 Å². The Hall–Kier alpha value is -3.97. The molecule has 9 nitrogen and oxygen atoms in total. The van der Waals surface area contributed by atoms with Crippen LogP contribution in [0.3, 0.4) is 0 Å². The van der Waals surface area contributed by atoms with Crippen molar-refractivity contribution in [2.45, 2.75) is 96.1 Å². The lowest BCUT2D eigenvalue weighted by molar-refractivity contribution is -0.199. The van der Waals surface area contributed by atoms with E-state index in [1.54, 1.807) is 6.20 Å². The van der Waals surface area contributed by atoms with E-state index in [4.69, 9.17) is 14.1 Å². The van der Waals surface area contributed by atoms with Crippen LogP contribution in [-0.4, -0.2) is 59.4 Å². The maximum absolute atomic E-state index is 14.5. The molecular formula is C38H44BF3N4O5. The number of pyridine rings is 1. The first-order chi connectivity index (χ1) is 24.1. The molecule has 270 valence electrons. The molecule has 51 heavy (non-hydrogen) atoms. The van der Waals surface area contributed by atoms with Crippen LogP contribution in [0.15, 0.2) is 65.9 Å². The molecule has 13 heteroatoms. The Morgan fingerprint density at radius 2 is 1.84 bits per heavy atom. The first-order valence-corrected chi connectivity index (χ1v) is 17.8. The molecule has 2 aliphatic heterocycles. The van der Waals surface area contributed by atoms with Gasteiger partial charge in [0, 0.05) is 24.4 Å². The molecule has 8 rings (SSSR count). The summed E-state index contributed by atoms with van der Waals surface area (Å²) in [4.78, 5) is 37.9. The van der Waals surface area contributed by atoms with E-state index in [2.05, 4.69) is 41.5 Å². The van der Waals surface area contributed by atoms with E-state index in [-0.39, 0.29) is 48.1 Å². The van der Waals surface area contributed by atoms with E-state index in [1.807, 2.05) is 44.2 Å². The fraction of sp³-hybridized carbons (Fsp3) is 0.526. The van der Waals surface area contributed by atoms with E-state index in [0.717, 1.165) is 30.4 Å². The number of nitrogens with zero attached hydrogens (tertiary/aromatic N) is 2. The molecule has 1 unspecified atom stereocenters. The van der Waals surface area contributed by atoms with Crippen LogP contribution >= 0.6 is 0 Å². The number of halogens is 3. The summed E-state index contributed by atoms with van der Waals surface area (Å²) in [6.07, 6.45) is -0.837. The number of fused-ring (bicyclic) bond motifs is 1. The maximum atomic E-state index is 14.5. The van der Waals surface area contributed by atoms with Crippen molar-refractivity contribution in [2.24, 2.45) is 28.3 Å². The molecule has 3 aromatic rings. The van der Waals surface area contributed by atoms with Crippen molar-refractivity contribution in [3.63, 3.8) is 0 Å². The topological polar surface area (TPSA) is 111 Å². The number of benzene rings is 2. The van der Waals surface area contributed by atoms with Gasteiger partial charge in [0.2, 0.25) is 5.60 Å². The zero-order chi connectivity index (χ0) is 36.3. The summed E-state index contributed by atoms with van der Waals surface area (Å²) >= 11 is 0. The zero-order valence-corrected chi connectivity index (χ0v) is 29.5. The first-order valence-electron chi connectivity index (χ1n) is 17.8. The highest BCUT2D eigenvalue weighted by Gasteiger charge is 2.68. The maximum Gasteiger partial charge on any atom is 0.481 e. The fourth-order valence-corrected chi connectivity index (χ4v) is 8.81. The molecule has 2 bridgehead atoms. The van der Waals surface area contributed by atoms with Crippen molar-refractivity contribution in [3.8, 4) is 0 Å². The predicted octanol–water partition coefficient (Wildman–Crippen LogP) is 6.54. The molecule has 4 fully saturated rings. The van der Waals surface area contributed by atoms with E-state index in [0.29, 0.717) is 29.4 Å². The molecule has 2 aromatic carbocycles. The number of amides is 2. The lowest BCUT2D eigenvalue weighted by Gasteiger charge is -2.64. The molecule has 1 aromatic heterocycles. The highest BCUT2D eigenvalue weighted by atomic mass is 19.4. The standard InChI is InChI=1S/C38H44BF3N4O5/c1-22(2)15-31(39-49-30-18-26-17-29(35(26,3)4)36(30,5)50-39)45-34(48)37(19-23-9-8-11-25(16-23)38(40,41)42)20-27(46-51-37)21-44-33(47)32-28-12-7-6-10-24(28)13-14-43-32/h6-14,16,22,26,29-31H,15,17-21H2,1-5H3,(H,44,47)(H,45,48)/t26-,29-,30+,31-,36-,37?/m0/s1. The predicted molar refractivity (Wildman–Crippen MR) is 187 cm³/mol. The van der Waals surface area contributed by atoms with Crippen LogP contribution in [0.2, 0.25) is 0 Å². The second-order valence-electron chi connectivity index (χ2n) is 15.9. The van der Waals surface area contributed by atoms with Crippen LogP contribution in [0.4, 0.5) is 13.2 Å². The van der Waals surface area contributed by atoms with Gasteiger partial charge >= 0.3 is 13.3 Å². The van der Waals surface area contributed by atoms with Gasteiger partial charge in [0.15, 0.2) is 0 Å². The molecule has 0 spiro atoms. The third-order valence-corrected chi connectivity index (χ3v) is 11.7. The summed E-state index contributed by atoms with van der Waals surface area (Å²) in [6.45, 7) is 10.7. The fourth-order valence-electron chi connectivity index (χ4n) is 8.81. The molecular weight excluding hydrogens is 660 g/mol. The van der Waals surface area contributed by atoms with Gasteiger partial charge in [0.25, 0.3) is 11.8 Å². The van der Waals surface area contributed by atoms with Gasteiger partial charge in [-0.3, -0.25) is 14.6 Å². The minimum absolute atomic E-state index is 0.0516. The Labute approximate surface area is 296 Å². The molecule has 5 aliphatic rings. The Balaban J connectivity index is 1.12. The number of alkyl halides is 3. The summed E-state index contributed by atoms with van der Waals surface area (Å²) in [5, 5.41) is 11.7. The van der Waals surface area contributed by atoms with Crippen molar-refractivity contribution in [3.05, 3.63) is 77.6 Å². The minimum atomic E-state index is -4.56. The highest BCUT2D eigenvalue weighted by molar-refractivity contribution is 6.48. The second-order valence-corrected chi connectivity index (χ2v) is 15.9. The third kappa shape index (κ3) is 6.52. The third-order valence-electron chi connectivity index (χ3n) is 11.7. The number of rotatable bonds is 10. The molecule has 2 amide bonds. The summed E-state index contributed by atoms with van der Waals surface area (Å²) in [7, 11) is -0.707. The van der Waals surface area contributed by atoms with Gasteiger partial charge in [-0.15, -0.1) is 0 Å². The van der Waals surface area contributed by atoms with Gasteiger partial charge in [-0.2, -0.15) is 13.2 Å². The smallest absolute Gasteiger partial charge is 0.404 e. The number of carbonyl (C=O) groups excluding carboxylic acids is 2. The Morgan fingerprint density at radius 1 is 1.06 bits per heavy atom. The van der Waals surface area contributed by atoms with E-state index >= 15 is 0 Å². The van der Waals surface area contributed by atoms with Crippen molar-refractivity contribution >= 4 is 35.4 Å². The molecule has 3 heterocycles. The lowest BCUT2D eigenvalue weighted by atomic mass is 9.43. The van der Waals surface area contributed by atoms with Gasteiger partial charge in [-0.1, -0.05) is 75.3 Å². The average molecular weight is 705 g/mol. The molecule has 2 N–H and O–H groups in total. The van der Waals surface area contributed by atoms with E-state index in [9.17, 15) is 22.8 Å². The molecule has 0 radical (unpaired) electrons. The van der Waals surface area contributed by atoms with Crippen molar-refractivity contribution in [1.29, 1.82) is 0 Å². The lowest BCUT2D eigenvalue weighted by Crippen LogP contribution is -2.65. The SMILES string of the molecule is CC(C)C[C@H](NC(=O)C1(Cc2cccc(C(F)(F)F)c2)CC(CNC(=O)c2nccc3ccccc23)=NO1)B1O[C@@H]2C[C@@H]3C[C@@H](C3(C)C)[C@]2(C)O1. The second kappa shape index (κ2) is 12.9. The Morgan fingerprint density at radius 3 is 2.59 bits per heavy atom. The molecule has 1 saturated heterocycles. The van der Waals surface area contributed by atoms with Crippen molar-refractivity contribution < 1.29 is 36.9 Å². The van der Waals surface area contributed by atoms with Gasteiger partial charge in [0.05, 0.1) is 35.5 Å². The van der Waals surface area contributed by atoms with Crippen LogP contribution in [-0.2, 0) is 31.5 Å². The molecule has 3 aliphatic carbocycles. The van der Waals surface area contributed by atoms with Gasteiger partial charge in [0.1, 0.15) is 5.69 Å². The van der Waals surface area contributed by atoms with Crippen LogP contribution in [0.1, 0.15) is 81.9 Å². The number of hydrogen-bond donors (Lipinski definition) is 2. The van der Waals surface area contributed by atoms with Gasteiger partial charge < -0.3 is 24.8 Å². The van der Waals surface area contributed by atoms with Crippen molar-refractivity contribution in [1.82, 2.24) is 15.6 Å². The Kier molecular flexibility index (Phi) is 8.97. The van der Waals surface area contributed by atoms with Crippen molar-refractivity contribution in [2.75, 3.05) is 6.54 Å². The largest absolute Gasteiger partial charge is 0.481 e. The first kappa shape index (κ1) is 35.4. The zero-order valence-electron chi connectivity index (χ0n) is 29.5. The normalized spacial score (nSPS) is 28.5. The summed E-state index contributed by atoms with van der Waals surface area (Å²) in [6, 6.07) is 14.1. The number of carbonyl (C=O) groups is 2. The molecule has 3 saturated carbocycles. The quantitative estimate of drug-likeness (QED) is 0.232. The average Bonchev–Trinajstić information content (AvgIpc) is 3.67. The van der Waals surface area contributed by atoms with Gasteiger partial charge in [-0.05, 0) is 72.4 Å². The van der Waals surface area contributed by atoms with Crippen LogP contribution in [0, 0.1) is 23.2 Å². The number of aromatic nitrogens is 1. The summed E-state index contributed by atoms with van der Waals surface area (Å²) in [5.41, 5.74) is -2.00. The summed E-state index contributed by atoms with van der Waals surface area (Å²) < 4.78 is 54.4. The number of nitrogens with one attached hydrogen (secondary N) is 2. The minimum Gasteiger partial charge on any atom is -0.404 e. The highest BCUT2D eigenvalue weighted by Crippen LogP contribution is 2.65. The van der Waals surface area contributed by atoms with E-state index < -0.39 is 47.8 Å². The number of oxime groups is 1. The Bertz CT molecular complexity index is 1860. The molecule has 6 atom stereocenters. The van der Waals surface area contributed by atoms with E-state index in [1.165, 1.54) is 12.1 Å². The monoisotopic (exact) mass is 704 g/mol. The van der Waals surface area contributed by atoms with Crippen LogP contribution in [0.25, 0.3) is 10.8 Å². The summed E-state index contributed by atoms with van der Waals surface area (Å²) in [5.74, 6) is -0.480. The van der Waals surface area contributed by atoms with Crippen LogP contribution in [0.5, 0.6) is 0 Å².